The Labute approximate surface area is 111 Å². The zero-order chi connectivity index (χ0) is 15.3. The van der Waals surface area contributed by atoms with Gasteiger partial charge in [-0.15, -0.1) is 0 Å². The van der Waals surface area contributed by atoms with Crippen LogP contribution in [0, 0.1) is 20.2 Å². The summed E-state index contributed by atoms with van der Waals surface area (Å²) in [6, 6.07) is 0.701. The van der Waals surface area contributed by atoms with E-state index in [4.69, 9.17) is 11.6 Å². The van der Waals surface area contributed by atoms with Crippen LogP contribution in [0.1, 0.15) is 0 Å². The van der Waals surface area contributed by atoms with Gasteiger partial charge in [0.05, 0.1) is 22.0 Å². The van der Waals surface area contributed by atoms with Crippen LogP contribution in [0.25, 0.3) is 0 Å². The molecule has 1 atom stereocenters. The molecule has 1 aromatic carbocycles. The van der Waals surface area contributed by atoms with Crippen LogP contribution in [0.2, 0.25) is 0 Å². The van der Waals surface area contributed by atoms with Crippen LogP contribution in [-0.2, 0) is 0 Å². The second-order valence-corrected chi connectivity index (χ2v) is 4.03. The summed E-state index contributed by atoms with van der Waals surface area (Å²) in [7, 11) is 0. The standard InChI is InChI=1S/C8H2ClF3N2O6/c9-7(10)8(11,12)20-6-2-4(14(17)18)3(13(15)16)1-5(6)19-7/h1-2H. The first-order valence-corrected chi connectivity index (χ1v) is 5.03. The molecule has 0 saturated heterocycles. The largest absolute Gasteiger partial charge is 0.488 e. The van der Waals surface area contributed by atoms with E-state index in [1.54, 1.807) is 0 Å². The average Bonchev–Trinajstić information content (AvgIpc) is 2.27. The summed E-state index contributed by atoms with van der Waals surface area (Å²) < 4.78 is 47.4. The van der Waals surface area contributed by atoms with Gasteiger partial charge in [-0.25, -0.2) is 0 Å². The lowest BCUT2D eigenvalue weighted by atomic mass is 10.2. The summed E-state index contributed by atoms with van der Waals surface area (Å²) in [5.74, 6) is -1.80. The van der Waals surface area contributed by atoms with Crippen molar-refractivity contribution in [3.8, 4) is 11.5 Å². The third kappa shape index (κ3) is 2.05. The highest BCUT2D eigenvalue weighted by atomic mass is 35.5. The smallest absolute Gasteiger partial charge is 0.434 e. The van der Waals surface area contributed by atoms with E-state index >= 15 is 0 Å². The summed E-state index contributed by atoms with van der Waals surface area (Å²) >= 11 is 4.76. The number of benzene rings is 1. The predicted molar refractivity (Wildman–Crippen MR) is 55.6 cm³/mol. The van der Waals surface area contributed by atoms with Gasteiger partial charge < -0.3 is 9.47 Å². The van der Waals surface area contributed by atoms with Crippen LogP contribution < -0.4 is 9.47 Å². The van der Waals surface area contributed by atoms with Gasteiger partial charge in [-0.05, 0) is 11.6 Å². The Balaban J connectivity index is 2.63. The van der Waals surface area contributed by atoms with Gasteiger partial charge in [0.15, 0.2) is 11.5 Å². The summed E-state index contributed by atoms with van der Waals surface area (Å²) in [4.78, 5) is 18.9. The van der Waals surface area contributed by atoms with E-state index in [1.807, 2.05) is 0 Å². The van der Waals surface area contributed by atoms with Crippen LogP contribution in [0.5, 0.6) is 11.5 Å². The fraction of sp³-hybridized carbons (Fsp3) is 0.250. The minimum absolute atomic E-state index is 0.327. The van der Waals surface area contributed by atoms with Crippen LogP contribution in [0.15, 0.2) is 12.1 Å². The average molecular weight is 315 g/mol. The maximum Gasteiger partial charge on any atom is 0.488 e. The molecule has 8 nitrogen and oxygen atoms in total. The van der Waals surface area contributed by atoms with Crippen molar-refractivity contribution in [1.82, 2.24) is 0 Å². The molecule has 0 aromatic heterocycles. The van der Waals surface area contributed by atoms with Crippen molar-refractivity contribution in [2.24, 2.45) is 0 Å². The molecule has 2 rings (SSSR count). The maximum atomic E-state index is 13.3. The van der Waals surface area contributed by atoms with Crippen LogP contribution in [0.4, 0.5) is 24.5 Å². The normalized spacial score (nSPS) is 23.2. The lowest BCUT2D eigenvalue weighted by Gasteiger charge is -2.32. The Bertz CT molecular complexity index is 569. The van der Waals surface area contributed by atoms with Gasteiger partial charge in [0.25, 0.3) is 0 Å². The van der Waals surface area contributed by atoms with Gasteiger partial charge in [-0.1, -0.05) is 0 Å². The summed E-state index contributed by atoms with van der Waals surface area (Å²) in [6.07, 6.45) is -4.63. The molecule has 1 unspecified atom stereocenters. The van der Waals surface area contributed by atoms with E-state index in [2.05, 4.69) is 9.47 Å². The topological polar surface area (TPSA) is 105 Å². The van der Waals surface area contributed by atoms with Gasteiger partial charge in [0.2, 0.25) is 0 Å². The van der Waals surface area contributed by atoms with E-state index in [9.17, 15) is 33.4 Å². The Morgan fingerprint density at radius 3 is 1.80 bits per heavy atom. The number of nitro benzene ring substituents is 2. The summed E-state index contributed by atoms with van der Waals surface area (Å²) in [6.45, 7) is 0. The van der Waals surface area contributed by atoms with Crippen LogP contribution >= 0.6 is 11.6 Å². The molecule has 108 valence electrons. The van der Waals surface area contributed by atoms with Gasteiger partial charge >= 0.3 is 22.8 Å². The number of halogens is 4. The maximum absolute atomic E-state index is 13.3. The molecule has 0 radical (unpaired) electrons. The van der Waals surface area contributed by atoms with Crippen molar-refractivity contribution in [3.05, 3.63) is 32.4 Å². The van der Waals surface area contributed by atoms with E-state index < -0.39 is 44.1 Å². The minimum Gasteiger partial charge on any atom is -0.434 e. The molecular weight excluding hydrogens is 313 g/mol. The highest BCUT2D eigenvalue weighted by molar-refractivity contribution is 6.22. The molecule has 0 spiro atoms. The second kappa shape index (κ2) is 4.10. The highest BCUT2D eigenvalue weighted by Gasteiger charge is 2.63. The SMILES string of the molecule is O=[N+]([O-])c1cc2c(cc1[N+](=O)[O-])OC(F)(Cl)C(F)(F)O2. The molecule has 0 amide bonds. The lowest BCUT2D eigenvalue weighted by Crippen LogP contribution is -2.51. The van der Waals surface area contributed by atoms with Crippen molar-refractivity contribution in [2.75, 3.05) is 0 Å². The number of rotatable bonds is 2. The number of ether oxygens (including phenoxy) is 2. The van der Waals surface area contributed by atoms with Crippen molar-refractivity contribution in [2.45, 2.75) is 11.4 Å². The van der Waals surface area contributed by atoms with Crippen LogP contribution in [-0.4, -0.2) is 21.3 Å². The Morgan fingerprint density at radius 2 is 1.40 bits per heavy atom. The highest BCUT2D eigenvalue weighted by Crippen LogP contribution is 2.50. The fourth-order valence-electron chi connectivity index (χ4n) is 1.39. The first kappa shape index (κ1) is 14.1. The van der Waals surface area contributed by atoms with E-state index in [0.29, 0.717) is 12.1 Å². The van der Waals surface area contributed by atoms with E-state index in [1.165, 1.54) is 0 Å². The predicted octanol–water partition coefficient (Wildman–Crippen LogP) is 2.73. The summed E-state index contributed by atoms with van der Waals surface area (Å²) in [5.41, 5.74) is -2.20. The zero-order valence-electron chi connectivity index (χ0n) is 9.01. The Kier molecular flexibility index (Phi) is 2.89. The van der Waals surface area contributed by atoms with Gasteiger partial charge in [-0.2, -0.15) is 13.2 Å². The minimum atomic E-state index is -4.63. The summed E-state index contributed by atoms with van der Waals surface area (Å²) in [5, 5.41) is 17.2. The molecule has 0 fully saturated rings. The molecule has 1 heterocycles. The third-order valence-corrected chi connectivity index (χ3v) is 2.55. The van der Waals surface area contributed by atoms with Crippen molar-refractivity contribution in [3.63, 3.8) is 0 Å². The molecule has 12 heteroatoms. The van der Waals surface area contributed by atoms with Crippen molar-refractivity contribution in [1.29, 1.82) is 0 Å². The molecule has 1 aliphatic rings. The van der Waals surface area contributed by atoms with E-state index in [0.717, 1.165) is 0 Å². The zero-order valence-corrected chi connectivity index (χ0v) is 9.77. The lowest BCUT2D eigenvalue weighted by molar-refractivity contribution is -0.422. The number of hydrogen-bond donors (Lipinski definition) is 0. The molecule has 0 aliphatic carbocycles. The van der Waals surface area contributed by atoms with Crippen molar-refractivity contribution >= 4 is 23.0 Å². The van der Waals surface area contributed by atoms with E-state index in [-0.39, 0.29) is 0 Å². The number of hydrogen-bond acceptors (Lipinski definition) is 6. The molecule has 1 aliphatic heterocycles. The molecule has 0 N–H and O–H groups in total. The Hall–Kier alpha value is -2.30. The monoisotopic (exact) mass is 314 g/mol. The Morgan fingerprint density at radius 1 is 1.00 bits per heavy atom. The molecule has 1 aromatic rings. The third-order valence-electron chi connectivity index (χ3n) is 2.25. The fourth-order valence-corrected chi connectivity index (χ4v) is 1.51. The number of nitro groups is 2. The van der Waals surface area contributed by atoms with Gasteiger partial charge in [0, 0.05) is 0 Å². The first-order chi connectivity index (χ1) is 9.05. The quantitative estimate of drug-likeness (QED) is 0.472. The molecule has 0 saturated carbocycles. The van der Waals surface area contributed by atoms with Crippen LogP contribution in [0.3, 0.4) is 0 Å². The molecular formula is C8H2ClF3N2O6. The van der Waals surface area contributed by atoms with Gasteiger partial charge in [-0.3, -0.25) is 20.2 Å². The molecule has 0 bridgehead atoms. The second-order valence-electron chi connectivity index (χ2n) is 3.54. The van der Waals surface area contributed by atoms with Crippen molar-refractivity contribution < 1.29 is 32.5 Å². The number of alkyl halides is 4. The molecule has 20 heavy (non-hydrogen) atoms. The first-order valence-electron chi connectivity index (χ1n) is 4.65. The number of nitrogens with zero attached hydrogens (tertiary/aromatic N) is 2. The van der Waals surface area contributed by atoms with Gasteiger partial charge in [0.1, 0.15) is 0 Å². The number of fused-ring (bicyclic) bond motifs is 1.